The van der Waals surface area contributed by atoms with Gasteiger partial charge in [0.15, 0.2) is 0 Å². The van der Waals surface area contributed by atoms with Crippen LogP contribution in [0.2, 0.25) is 0 Å². The Kier molecular flexibility index (Phi) is 4.20. The summed E-state index contributed by atoms with van der Waals surface area (Å²) in [6.07, 6.45) is 2.93. The van der Waals surface area contributed by atoms with Crippen molar-refractivity contribution in [1.82, 2.24) is 14.1 Å². The lowest BCUT2D eigenvalue weighted by atomic mass is 10.2. The molecule has 0 fully saturated rings. The molecule has 24 heavy (non-hydrogen) atoms. The minimum atomic E-state index is -0.655. The lowest BCUT2D eigenvalue weighted by Gasteiger charge is -2.12. The maximum atomic E-state index is 12.7. The number of aryl methyl sites for hydroxylation is 1. The van der Waals surface area contributed by atoms with Gasteiger partial charge < -0.3 is 0 Å². The third-order valence-corrected chi connectivity index (χ3v) is 3.67. The first-order chi connectivity index (χ1) is 11.6. The van der Waals surface area contributed by atoms with Crippen LogP contribution in [0.15, 0.2) is 70.5 Å². The first kappa shape index (κ1) is 15.6. The number of rotatable bonds is 3. The van der Waals surface area contributed by atoms with Crippen molar-refractivity contribution in [2.75, 3.05) is 0 Å². The Morgan fingerprint density at radius 1 is 1.08 bits per heavy atom. The Bertz CT molecular complexity index is 990. The molecule has 0 aliphatic carbocycles. The van der Waals surface area contributed by atoms with E-state index in [-0.39, 0.29) is 12.1 Å². The van der Waals surface area contributed by atoms with Gasteiger partial charge in [-0.1, -0.05) is 30.3 Å². The fraction of sp³-hybridized carbons (Fsp3) is 0.111. The second kappa shape index (κ2) is 6.45. The molecule has 0 saturated heterocycles. The Morgan fingerprint density at radius 2 is 1.83 bits per heavy atom. The number of aromatic nitrogens is 3. The normalized spacial score (nSPS) is 10.5. The third-order valence-electron chi connectivity index (χ3n) is 3.67. The number of hydrogen-bond acceptors (Lipinski definition) is 4. The zero-order chi connectivity index (χ0) is 17.1. The fourth-order valence-electron chi connectivity index (χ4n) is 2.46. The van der Waals surface area contributed by atoms with E-state index in [0.29, 0.717) is 5.69 Å². The molecule has 6 heteroatoms. The van der Waals surface area contributed by atoms with Gasteiger partial charge in [0.05, 0.1) is 12.1 Å². The van der Waals surface area contributed by atoms with Gasteiger partial charge in [-0.3, -0.25) is 19.1 Å². The number of carbonyl (C=O) groups is 1. The zero-order valence-electron chi connectivity index (χ0n) is 13.0. The molecule has 1 aromatic carbocycles. The van der Waals surface area contributed by atoms with E-state index in [0.717, 1.165) is 14.7 Å². The van der Waals surface area contributed by atoms with Gasteiger partial charge in [0.1, 0.15) is 0 Å². The predicted molar refractivity (Wildman–Crippen MR) is 89.2 cm³/mol. The van der Waals surface area contributed by atoms with Crippen molar-refractivity contribution < 1.29 is 4.79 Å². The number of benzene rings is 1. The molecule has 0 aliphatic heterocycles. The van der Waals surface area contributed by atoms with E-state index in [1.54, 1.807) is 25.3 Å². The third kappa shape index (κ3) is 2.94. The van der Waals surface area contributed by atoms with Gasteiger partial charge in [0.2, 0.25) is 0 Å². The lowest BCUT2D eigenvalue weighted by molar-refractivity contribution is 0.0949. The number of pyridine rings is 1. The van der Waals surface area contributed by atoms with Gasteiger partial charge >= 0.3 is 5.69 Å². The van der Waals surface area contributed by atoms with Crippen LogP contribution in [0, 0.1) is 6.92 Å². The maximum absolute atomic E-state index is 12.7. The van der Waals surface area contributed by atoms with E-state index in [4.69, 9.17) is 0 Å². The Morgan fingerprint density at radius 3 is 2.50 bits per heavy atom. The number of hydrogen-bond donors (Lipinski definition) is 0. The molecule has 0 amide bonds. The van der Waals surface area contributed by atoms with Crippen LogP contribution in [-0.4, -0.2) is 20.0 Å². The summed E-state index contributed by atoms with van der Waals surface area (Å²) in [7, 11) is 0. The molecular formula is C18H15N3O3. The second-order valence-corrected chi connectivity index (χ2v) is 5.36. The summed E-state index contributed by atoms with van der Waals surface area (Å²) in [6.45, 7) is 1.67. The lowest BCUT2D eigenvalue weighted by Crippen LogP contribution is -2.43. The van der Waals surface area contributed by atoms with Gasteiger partial charge in [0, 0.05) is 24.2 Å². The minimum Gasteiger partial charge on any atom is -0.269 e. The van der Waals surface area contributed by atoms with Crippen LogP contribution < -0.4 is 11.2 Å². The summed E-state index contributed by atoms with van der Waals surface area (Å²) >= 11 is 0. The van der Waals surface area contributed by atoms with Crippen LogP contribution in [0.4, 0.5) is 0 Å². The van der Waals surface area contributed by atoms with Crippen molar-refractivity contribution in [2.45, 2.75) is 13.5 Å². The van der Waals surface area contributed by atoms with Gasteiger partial charge in [-0.15, -0.1) is 0 Å². The summed E-state index contributed by atoms with van der Waals surface area (Å²) in [6, 6.07) is 13.6. The van der Waals surface area contributed by atoms with Crippen molar-refractivity contribution in [3.63, 3.8) is 0 Å². The van der Waals surface area contributed by atoms with Gasteiger partial charge in [-0.25, -0.2) is 9.36 Å². The minimum absolute atomic E-state index is 0.110. The highest BCUT2D eigenvalue weighted by atomic mass is 16.2. The van der Waals surface area contributed by atoms with E-state index in [9.17, 15) is 14.4 Å². The molecule has 0 N–H and O–H groups in total. The smallest absolute Gasteiger partial charge is 0.269 e. The zero-order valence-corrected chi connectivity index (χ0v) is 13.0. The van der Waals surface area contributed by atoms with Gasteiger partial charge in [0.25, 0.3) is 11.5 Å². The summed E-state index contributed by atoms with van der Waals surface area (Å²) in [5.74, 6) is -0.507. The van der Waals surface area contributed by atoms with Crippen molar-refractivity contribution in [2.24, 2.45) is 0 Å². The average molecular weight is 321 g/mol. The fourth-order valence-corrected chi connectivity index (χ4v) is 2.46. The summed E-state index contributed by atoms with van der Waals surface area (Å²) in [4.78, 5) is 41.4. The van der Waals surface area contributed by atoms with Gasteiger partial charge in [-0.2, -0.15) is 0 Å². The average Bonchev–Trinajstić information content (AvgIpc) is 2.60. The summed E-state index contributed by atoms with van der Waals surface area (Å²) in [5, 5.41) is 0. The maximum Gasteiger partial charge on any atom is 0.338 e. The molecule has 3 aromatic rings. The first-order valence-electron chi connectivity index (χ1n) is 7.40. The molecule has 2 aromatic heterocycles. The van der Waals surface area contributed by atoms with Crippen molar-refractivity contribution in [1.29, 1.82) is 0 Å². The molecule has 0 aliphatic rings. The molecule has 0 spiro atoms. The van der Waals surface area contributed by atoms with E-state index >= 15 is 0 Å². The molecule has 0 unspecified atom stereocenters. The molecule has 3 rings (SSSR count). The van der Waals surface area contributed by atoms with Crippen molar-refractivity contribution in [3.8, 4) is 0 Å². The van der Waals surface area contributed by atoms with E-state index in [1.165, 1.54) is 12.3 Å². The van der Waals surface area contributed by atoms with Gasteiger partial charge in [-0.05, 0) is 24.6 Å². The number of carbonyl (C=O) groups excluding carboxylic acids is 1. The van der Waals surface area contributed by atoms with Crippen LogP contribution in [-0.2, 0) is 6.54 Å². The van der Waals surface area contributed by atoms with Crippen LogP contribution >= 0.6 is 0 Å². The molecule has 6 nitrogen and oxygen atoms in total. The molecule has 0 bridgehead atoms. The first-order valence-corrected chi connectivity index (χ1v) is 7.40. The summed E-state index contributed by atoms with van der Waals surface area (Å²) < 4.78 is 2.05. The number of nitrogens with zero attached hydrogens (tertiary/aromatic N) is 3. The monoisotopic (exact) mass is 321 g/mol. The largest absolute Gasteiger partial charge is 0.338 e. The van der Waals surface area contributed by atoms with E-state index < -0.39 is 17.2 Å². The van der Waals surface area contributed by atoms with Crippen molar-refractivity contribution in [3.05, 3.63) is 98.6 Å². The van der Waals surface area contributed by atoms with E-state index in [2.05, 4.69) is 4.98 Å². The molecule has 2 heterocycles. The standard InChI is InChI=1S/C18H15N3O3/c1-13-10-16(22)20(12-14-6-3-2-4-7-14)18(24)21(13)17(23)15-8-5-9-19-11-15/h2-11H,12H2,1H3. The van der Waals surface area contributed by atoms with Crippen molar-refractivity contribution >= 4 is 5.91 Å². The highest BCUT2D eigenvalue weighted by Crippen LogP contribution is 2.03. The highest BCUT2D eigenvalue weighted by molar-refractivity contribution is 5.95. The van der Waals surface area contributed by atoms with Crippen LogP contribution in [0.5, 0.6) is 0 Å². The molecule has 120 valence electrons. The van der Waals surface area contributed by atoms with Crippen LogP contribution in [0.25, 0.3) is 0 Å². The highest BCUT2D eigenvalue weighted by Gasteiger charge is 2.17. The second-order valence-electron chi connectivity index (χ2n) is 5.36. The Labute approximate surface area is 137 Å². The topological polar surface area (TPSA) is 74.0 Å². The predicted octanol–water partition coefficient (Wildman–Crippen LogP) is 1.45. The Hall–Kier alpha value is -3.28. The Balaban J connectivity index is 2.12. The summed E-state index contributed by atoms with van der Waals surface area (Å²) in [5.41, 5.74) is 0.297. The SMILES string of the molecule is Cc1cc(=O)n(Cc2ccccc2)c(=O)n1C(=O)c1cccnc1. The molecule has 0 radical (unpaired) electrons. The van der Waals surface area contributed by atoms with E-state index in [1.807, 2.05) is 30.3 Å². The molecule has 0 saturated carbocycles. The quantitative estimate of drug-likeness (QED) is 0.732. The van der Waals surface area contributed by atoms with Crippen LogP contribution in [0.1, 0.15) is 21.6 Å². The van der Waals surface area contributed by atoms with Crippen LogP contribution in [0.3, 0.4) is 0 Å². The molecular weight excluding hydrogens is 306 g/mol. The molecule has 0 atom stereocenters.